The van der Waals surface area contributed by atoms with Crippen molar-refractivity contribution >= 4 is 23.2 Å². The Morgan fingerprint density at radius 2 is 2.14 bits per heavy atom. The van der Waals surface area contributed by atoms with Crippen LogP contribution in [0.3, 0.4) is 0 Å². The number of amides is 1. The highest BCUT2D eigenvalue weighted by Crippen LogP contribution is 2.13. The number of carbonyl (C=O) groups excluding carboxylic acids is 1. The Balaban J connectivity index is 2.57. The van der Waals surface area contributed by atoms with Crippen LogP contribution in [0.25, 0.3) is 0 Å². The largest absolute Gasteiger partial charge is 0.494 e. The quantitative estimate of drug-likeness (QED) is 0.599. The van der Waals surface area contributed by atoms with Crippen molar-refractivity contribution in [3.8, 4) is 5.75 Å². The highest BCUT2D eigenvalue weighted by Gasteiger charge is 2.10. The number of carbonyl (C=O) groups is 1. The molecule has 1 rings (SSSR count). The van der Waals surface area contributed by atoms with Crippen molar-refractivity contribution in [3.63, 3.8) is 0 Å². The van der Waals surface area contributed by atoms with Gasteiger partial charge in [-0.25, -0.2) is 0 Å². The highest BCUT2D eigenvalue weighted by molar-refractivity contribution is 7.80. The van der Waals surface area contributed by atoms with E-state index in [-0.39, 0.29) is 11.9 Å². The zero-order valence-corrected chi connectivity index (χ0v) is 13.8. The fourth-order valence-electron chi connectivity index (χ4n) is 1.60. The first-order chi connectivity index (χ1) is 10.1. The van der Waals surface area contributed by atoms with Crippen molar-refractivity contribution in [2.24, 2.45) is 0 Å². The third-order valence-corrected chi connectivity index (χ3v) is 3.30. The summed E-state index contributed by atoms with van der Waals surface area (Å²) < 4.78 is 5.60. The number of unbranched alkanes of at least 4 members (excludes halogenated alkanes) is 1. The van der Waals surface area contributed by atoms with E-state index in [1.54, 1.807) is 18.2 Å². The minimum absolute atomic E-state index is 0.225. The minimum Gasteiger partial charge on any atom is -0.494 e. The van der Waals surface area contributed by atoms with Gasteiger partial charge >= 0.3 is 0 Å². The predicted octanol–water partition coefficient (Wildman–Crippen LogP) is 3.27. The molecule has 0 aliphatic rings. The van der Waals surface area contributed by atoms with Crippen molar-refractivity contribution in [2.75, 3.05) is 6.61 Å². The number of nitrogens with one attached hydrogen (secondary N) is 2. The number of ether oxygens (including phenoxy) is 1. The van der Waals surface area contributed by atoms with Crippen molar-refractivity contribution in [1.29, 1.82) is 0 Å². The van der Waals surface area contributed by atoms with E-state index in [2.05, 4.69) is 24.5 Å². The second kappa shape index (κ2) is 9.34. The third-order valence-electron chi connectivity index (χ3n) is 3.08. The standard InChI is InChI=1S/C16H24N2O2S/c1-4-6-10-20-14-9-7-8-13(11-14)15(19)18-16(21)17-12(3)5-2/h7-9,11-12H,4-6,10H2,1-3H3,(H2,17,18,19,21). The maximum Gasteiger partial charge on any atom is 0.257 e. The van der Waals surface area contributed by atoms with Crippen LogP contribution in [0.1, 0.15) is 50.4 Å². The van der Waals surface area contributed by atoms with Gasteiger partial charge in [0, 0.05) is 11.6 Å². The topological polar surface area (TPSA) is 50.4 Å². The lowest BCUT2D eigenvalue weighted by Gasteiger charge is -2.14. The van der Waals surface area contributed by atoms with Crippen LogP contribution >= 0.6 is 12.2 Å². The van der Waals surface area contributed by atoms with E-state index in [0.717, 1.165) is 19.3 Å². The number of benzene rings is 1. The molecule has 0 saturated carbocycles. The normalized spacial score (nSPS) is 11.6. The number of hydrogen-bond acceptors (Lipinski definition) is 3. The molecule has 0 aromatic heterocycles. The van der Waals surface area contributed by atoms with Gasteiger partial charge in [-0.2, -0.15) is 0 Å². The Morgan fingerprint density at radius 1 is 1.38 bits per heavy atom. The number of thiocarbonyl (C=S) groups is 1. The molecule has 0 radical (unpaired) electrons. The Bertz CT molecular complexity index is 477. The van der Waals surface area contributed by atoms with E-state index in [1.807, 2.05) is 13.0 Å². The molecule has 0 fully saturated rings. The highest BCUT2D eigenvalue weighted by atomic mass is 32.1. The minimum atomic E-state index is -0.225. The Kier molecular flexibility index (Phi) is 7.75. The van der Waals surface area contributed by atoms with E-state index < -0.39 is 0 Å². The Morgan fingerprint density at radius 3 is 2.81 bits per heavy atom. The maximum atomic E-state index is 12.1. The summed E-state index contributed by atoms with van der Waals surface area (Å²) >= 11 is 5.12. The van der Waals surface area contributed by atoms with Gasteiger partial charge in [-0.05, 0) is 50.2 Å². The molecule has 0 aliphatic carbocycles. The molecule has 1 aromatic rings. The molecular weight excluding hydrogens is 284 g/mol. The van der Waals surface area contributed by atoms with Crippen LogP contribution in [-0.2, 0) is 0 Å². The molecule has 0 heterocycles. The lowest BCUT2D eigenvalue weighted by Crippen LogP contribution is -2.43. The van der Waals surface area contributed by atoms with Crippen LogP contribution in [0.5, 0.6) is 5.75 Å². The molecule has 1 amide bonds. The van der Waals surface area contributed by atoms with Crippen LogP contribution in [0.2, 0.25) is 0 Å². The lowest BCUT2D eigenvalue weighted by molar-refractivity contribution is 0.0976. The maximum absolute atomic E-state index is 12.1. The summed E-state index contributed by atoms with van der Waals surface area (Å²) in [6.07, 6.45) is 3.02. The van der Waals surface area contributed by atoms with Gasteiger partial charge in [-0.1, -0.05) is 26.3 Å². The van der Waals surface area contributed by atoms with Crippen LogP contribution in [0, 0.1) is 0 Å². The van der Waals surface area contributed by atoms with E-state index in [9.17, 15) is 4.79 Å². The first kappa shape index (κ1) is 17.4. The fourth-order valence-corrected chi connectivity index (χ4v) is 1.89. The van der Waals surface area contributed by atoms with Gasteiger partial charge in [0.1, 0.15) is 5.75 Å². The average Bonchev–Trinajstić information content (AvgIpc) is 2.47. The predicted molar refractivity (Wildman–Crippen MR) is 89.8 cm³/mol. The lowest BCUT2D eigenvalue weighted by atomic mass is 10.2. The fraction of sp³-hybridized carbons (Fsp3) is 0.500. The molecule has 4 nitrogen and oxygen atoms in total. The van der Waals surface area contributed by atoms with Gasteiger partial charge in [0.2, 0.25) is 0 Å². The van der Waals surface area contributed by atoms with Crippen molar-refractivity contribution in [1.82, 2.24) is 10.6 Å². The van der Waals surface area contributed by atoms with Gasteiger partial charge in [0.05, 0.1) is 6.61 Å². The molecule has 5 heteroatoms. The molecule has 2 N–H and O–H groups in total. The molecule has 0 aliphatic heterocycles. The van der Waals surface area contributed by atoms with Gasteiger partial charge < -0.3 is 10.1 Å². The number of rotatable bonds is 7. The van der Waals surface area contributed by atoms with E-state index in [4.69, 9.17) is 17.0 Å². The van der Waals surface area contributed by atoms with Crippen LogP contribution in [0.15, 0.2) is 24.3 Å². The van der Waals surface area contributed by atoms with Gasteiger partial charge in [-0.3, -0.25) is 10.1 Å². The van der Waals surface area contributed by atoms with Gasteiger partial charge in [0.15, 0.2) is 5.11 Å². The summed E-state index contributed by atoms with van der Waals surface area (Å²) in [7, 11) is 0. The first-order valence-electron chi connectivity index (χ1n) is 7.41. The van der Waals surface area contributed by atoms with Gasteiger partial charge in [-0.15, -0.1) is 0 Å². The zero-order valence-electron chi connectivity index (χ0n) is 12.9. The molecule has 1 atom stereocenters. The molecular formula is C16H24N2O2S. The Hall–Kier alpha value is -1.62. The molecule has 1 unspecified atom stereocenters. The van der Waals surface area contributed by atoms with Crippen LogP contribution in [-0.4, -0.2) is 23.7 Å². The summed E-state index contributed by atoms with van der Waals surface area (Å²) in [6.45, 7) is 6.84. The summed E-state index contributed by atoms with van der Waals surface area (Å²) in [6, 6.07) is 7.37. The second-order valence-electron chi connectivity index (χ2n) is 4.97. The van der Waals surface area contributed by atoms with Crippen molar-refractivity contribution in [2.45, 2.75) is 46.1 Å². The average molecular weight is 308 g/mol. The number of hydrogen-bond donors (Lipinski definition) is 2. The summed E-state index contributed by atoms with van der Waals surface area (Å²) in [4.78, 5) is 12.1. The molecule has 116 valence electrons. The van der Waals surface area contributed by atoms with E-state index in [0.29, 0.717) is 23.0 Å². The molecule has 0 spiro atoms. The SMILES string of the molecule is CCCCOc1cccc(C(=O)NC(=S)NC(C)CC)c1. The summed E-state index contributed by atoms with van der Waals surface area (Å²) in [5.41, 5.74) is 0.539. The first-order valence-corrected chi connectivity index (χ1v) is 7.82. The third kappa shape index (κ3) is 6.58. The smallest absolute Gasteiger partial charge is 0.257 e. The van der Waals surface area contributed by atoms with Crippen LogP contribution < -0.4 is 15.4 Å². The monoisotopic (exact) mass is 308 g/mol. The molecule has 21 heavy (non-hydrogen) atoms. The molecule has 1 aromatic carbocycles. The van der Waals surface area contributed by atoms with E-state index >= 15 is 0 Å². The Labute approximate surface area is 132 Å². The summed E-state index contributed by atoms with van der Waals surface area (Å²) in [5, 5.41) is 6.09. The summed E-state index contributed by atoms with van der Waals surface area (Å²) in [5.74, 6) is 0.480. The van der Waals surface area contributed by atoms with E-state index in [1.165, 1.54) is 0 Å². The van der Waals surface area contributed by atoms with Crippen molar-refractivity contribution < 1.29 is 9.53 Å². The zero-order chi connectivity index (χ0) is 15.7. The molecule has 0 saturated heterocycles. The second-order valence-corrected chi connectivity index (χ2v) is 5.37. The van der Waals surface area contributed by atoms with Crippen molar-refractivity contribution in [3.05, 3.63) is 29.8 Å². The van der Waals surface area contributed by atoms with Gasteiger partial charge in [0.25, 0.3) is 5.91 Å². The molecule has 0 bridgehead atoms. The van der Waals surface area contributed by atoms with Crippen LogP contribution in [0.4, 0.5) is 0 Å².